The molecule has 1 saturated heterocycles. The Balaban J connectivity index is 1.74. The van der Waals surface area contributed by atoms with E-state index in [1.54, 1.807) is 17.9 Å². The third-order valence-corrected chi connectivity index (χ3v) is 4.41. The van der Waals surface area contributed by atoms with Crippen LogP contribution in [0.4, 0.5) is 5.69 Å². The predicted molar refractivity (Wildman–Crippen MR) is 98.1 cm³/mol. The Bertz CT molecular complexity index is 760. The summed E-state index contributed by atoms with van der Waals surface area (Å²) in [5.74, 6) is 4.44. The smallest absolute Gasteiger partial charge is 0.272 e. The summed E-state index contributed by atoms with van der Waals surface area (Å²) < 4.78 is 5.51. The van der Waals surface area contributed by atoms with E-state index in [-0.39, 0.29) is 37.0 Å². The molecule has 3 N–H and O–H groups in total. The molecule has 11 heteroatoms. The van der Waals surface area contributed by atoms with E-state index >= 15 is 0 Å². The number of piperazine rings is 1. The molecule has 1 aliphatic heterocycles. The molecule has 1 aliphatic rings. The lowest BCUT2D eigenvalue weighted by Gasteiger charge is -2.34. The number of nitro benzene ring substituents is 1. The van der Waals surface area contributed by atoms with Gasteiger partial charge in [-0.1, -0.05) is 0 Å². The quantitative estimate of drug-likeness (QED) is 0.213. The van der Waals surface area contributed by atoms with Crippen molar-refractivity contribution in [3.8, 4) is 5.75 Å². The number of hydrogen-bond donors (Lipinski definition) is 2. The molecule has 28 heavy (non-hydrogen) atoms. The van der Waals surface area contributed by atoms with E-state index < -0.39 is 10.8 Å². The number of carbonyl (C=O) groups is 3. The molecule has 2 rings (SSSR count). The fourth-order valence-electron chi connectivity index (χ4n) is 2.84. The average molecular weight is 393 g/mol. The number of amides is 3. The number of benzene rings is 1. The molecule has 152 valence electrons. The lowest BCUT2D eigenvalue weighted by Crippen LogP contribution is -2.51. The first-order valence-electron chi connectivity index (χ1n) is 8.74. The van der Waals surface area contributed by atoms with Crippen molar-refractivity contribution in [3.63, 3.8) is 0 Å². The van der Waals surface area contributed by atoms with Crippen molar-refractivity contribution in [1.29, 1.82) is 0 Å². The van der Waals surface area contributed by atoms with Gasteiger partial charge in [-0.15, -0.1) is 0 Å². The van der Waals surface area contributed by atoms with E-state index in [1.807, 2.05) is 5.43 Å². The normalized spacial score (nSPS) is 13.8. The first-order valence-corrected chi connectivity index (χ1v) is 8.74. The summed E-state index contributed by atoms with van der Waals surface area (Å²) in [6, 6.07) is 4.43. The van der Waals surface area contributed by atoms with E-state index in [0.29, 0.717) is 37.5 Å². The molecule has 1 aromatic rings. The SMILES string of the molecule is Cc1cc(OCCC(=O)N2CCN(C(=O)CC(=O)NN)CC2)ccc1[N+](=O)[O-]. The highest BCUT2D eigenvalue weighted by Gasteiger charge is 2.25. The second-order valence-electron chi connectivity index (χ2n) is 6.31. The summed E-state index contributed by atoms with van der Waals surface area (Å²) in [6.45, 7) is 3.23. The minimum absolute atomic E-state index is 0.0137. The molecule has 0 saturated carbocycles. The number of aryl methyl sites for hydroxylation is 1. The Morgan fingerprint density at radius 2 is 1.79 bits per heavy atom. The zero-order chi connectivity index (χ0) is 20.7. The van der Waals surface area contributed by atoms with Crippen molar-refractivity contribution < 1.29 is 24.0 Å². The summed E-state index contributed by atoms with van der Waals surface area (Å²) in [6.07, 6.45) is -0.160. The molecule has 0 spiro atoms. The number of carbonyl (C=O) groups excluding carboxylic acids is 3. The molecular formula is C17H23N5O6. The summed E-state index contributed by atoms with van der Waals surface area (Å²) in [5.41, 5.74) is 2.41. The highest BCUT2D eigenvalue weighted by molar-refractivity contribution is 5.96. The largest absolute Gasteiger partial charge is 0.493 e. The van der Waals surface area contributed by atoms with Gasteiger partial charge in [-0.2, -0.15) is 0 Å². The van der Waals surface area contributed by atoms with Crippen LogP contribution in [-0.2, 0) is 14.4 Å². The molecule has 0 bridgehead atoms. The first kappa shape index (κ1) is 21.1. The molecular weight excluding hydrogens is 370 g/mol. The monoisotopic (exact) mass is 393 g/mol. The van der Waals surface area contributed by atoms with E-state index in [1.165, 1.54) is 17.0 Å². The highest BCUT2D eigenvalue weighted by Crippen LogP contribution is 2.23. The Labute approximate surface area is 161 Å². The van der Waals surface area contributed by atoms with Crippen LogP contribution in [0.5, 0.6) is 5.75 Å². The maximum atomic E-state index is 12.3. The number of nitrogens with two attached hydrogens (primary N) is 1. The number of hydrogen-bond acceptors (Lipinski definition) is 7. The minimum Gasteiger partial charge on any atom is -0.493 e. The number of ether oxygens (including phenoxy) is 1. The summed E-state index contributed by atoms with van der Waals surface area (Å²) >= 11 is 0. The van der Waals surface area contributed by atoms with Gasteiger partial charge >= 0.3 is 0 Å². The van der Waals surface area contributed by atoms with Crippen molar-refractivity contribution >= 4 is 23.4 Å². The van der Waals surface area contributed by atoms with Crippen LogP contribution in [0.3, 0.4) is 0 Å². The van der Waals surface area contributed by atoms with Crippen LogP contribution in [0, 0.1) is 17.0 Å². The minimum atomic E-state index is -0.554. The fraction of sp³-hybridized carbons (Fsp3) is 0.471. The van der Waals surface area contributed by atoms with Crippen molar-refractivity contribution in [2.45, 2.75) is 19.8 Å². The van der Waals surface area contributed by atoms with Gasteiger partial charge in [0, 0.05) is 37.8 Å². The zero-order valence-electron chi connectivity index (χ0n) is 15.6. The summed E-state index contributed by atoms with van der Waals surface area (Å²) in [5, 5.41) is 10.8. The lowest BCUT2D eigenvalue weighted by atomic mass is 10.2. The maximum absolute atomic E-state index is 12.3. The molecule has 0 aliphatic carbocycles. The number of nitrogens with one attached hydrogen (secondary N) is 1. The zero-order valence-corrected chi connectivity index (χ0v) is 15.6. The topological polar surface area (TPSA) is 148 Å². The van der Waals surface area contributed by atoms with E-state index in [4.69, 9.17) is 10.6 Å². The van der Waals surface area contributed by atoms with Crippen LogP contribution in [0.15, 0.2) is 18.2 Å². The lowest BCUT2D eigenvalue weighted by molar-refractivity contribution is -0.385. The van der Waals surface area contributed by atoms with Gasteiger partial charge in [0.15, 0.2) is 0 Å². The standard InChI is InChI=1S/C17H23N5O6/c1-12-10-13(2-3-14(12)22(26)27)28-9-4-16(24)20-5-7-21(8-6-20)17(25)11-15(23)19-18/h2-3,10H,4-9,11,18H2,1H3,(H,19,23). The van der Waals surface area contributed by atoms with Gasteiger partial charge in [-0.25, -0.2) is 5.84 Å². The Morgan fingerprint density at radius 1 is 1.18 bits per heavy atom. The third-order valence-electron chi connectivity index (χ3n) is 4.41. The van der Waals surface area contributed by atoms with Gasteiger partial charge < -0.3 is 14.5 Å². The van der Waals surface area contributed by atoms with Crippen LogP contribution in [0.1, 0.15) is 18.4 Å². The van der Waals surface area contributed by atoms with Crippen LogP contribution >= 0.6 is 0 Å². The van der Waals surface area contributed by atoms with E-state index in [0.717, 1.165) is 0 Å². The Kier molecular flexibility index (Phi) is 7.27. The molecule has 0 unspecified atom stereocenters. The van der Waals surface area contributed by atoms with Gasteiger partial charge in [-0.05, 0) is 19.1 Å². The molecule has 1 fully saturated rings. The number of nitro groups is 1. The molecule has 3 amide bonds. The molecule has 1 heterocycles. The average Bonchev–Trinajstić information content (AvgIpc) is 2.67. The summed E-state index contributed by atoms with van der Waals surface area (Å²) in [7, 11) is 0. The first-order chi connectivity index (χ1) is 13.3. The van der Waals surface area contributed by atoms with Gasteiger partial charge in [0.2, 0.25) is 17.7 Å². The molecule has 0 radical (unpaired) electrons. The number of rotatable bonds is 7. The maximum Gasteiger partial charge on any atom is 0.272 e. The molecule has 11 nitrogen and oxygen atoms in total. The molecule has 1 aromatic carbocycles. The van der Waals surface area contributed by atoms with Crippen LogP contribution in [0.2, 0.25) is 0 Å². The second kappa shape index (κ2) is 9.65. The van der Waals surface area contributed by atoms with Crippen molar-refractivity contribution in [1.82, 2.24) is 15.2 Å². The number of hydrazine groups is 1. The molecule has 0 atom stereocenters. The van der Waals surface area contributed by atoms with Crippen molar-refractivity contribution in [2.24, 2.45) is 5.84 Å². The third kappa shape index (κ3) is 5.64. The summed E-state index contributed by atoms with van der Waals surface area (Å²) in [4.78, 5) is 48.8. The van der Waals surface area contributed by atoms with Gasteiger partial charge in [0.05, 0.1) is 18.0 Å². The number of nitrogens with zero attached hydrogens (tertiary/aromatic N) is 3. The van der Waals surface area contributed by atoms with Gasteiger partial charge in [0.1, 0.15) is 12.2 Å². The van der Waals surface area contributed by atoms with Gasteiger partial charge in [-0.3, -0.25) is 29.9 Å². The highest BCUT2D eigenvalue weighted by atomic mass is 16.6. The Morgan fingerprint density at radius 3 is 2.32 bits per heavy atom. The van der Waals surface area contributed by atoms with E-state index in [9.17, 15) is 24.5 Å². The second-order valence-corrected chi connectivity index (χ2v) is 6.31. The van der Waals surface area contributed by atoms with Crippen LogP contribution in [-0.4, -0.2) is 65.2 Å². The molecule has 0 aromatic heterocycles. The Hall–Kier alpha value is -3.21. The fourth-order valence-corrected chi connectivity index (χ4v) is 2.84. The van der Waals surface area contributed by atoms with Gasteiger partial charge in [0.25, 0.3) is 5.69 Å². The predicted octanol–water partition coefficient (Wildman–Crippen LogP) is -0.277. The van der Waals surface area contributed by atoms with Crippen LogP contribution < -0.4 is 16.0 Å². The van der Waals surface area contributed by atoms with Crippen molar-refractivity contribution in [3.05, 3.63) is 33.9 Å². The van der Waals surface area contributed by atoms with Crippen molar-refractivity contribution in [2.75, 3.05) is 32.8 Å². The van der Waals surface area contributed by atoms with E-state index in [2.05, 4.69) is 0 Å². The van der Waals surface area contributed by atoms with Crippen LogP contribution in [0.25, 0.3) is 0 Å².